The fraction of sp³-hybridized carbons (Fsp3) is 0. The topological polar surface area (TPSA) is 55.1 Å². The van der Waals surface area contributed by atoms with Gasteiger partial charge in [0.05, 0.1) is 10.6 Å². The molecule has 0 saturated carbocycles. The fourth-order valence-electron chi connectivity index (χ4n) is 2.68. The molecule has 0 atom stereocenters. The molecule has 0 unspecified atom stereocenters. The van der Waals surface area contributed by atoms with Gasteiger partial charge in [-0.05, 0) is 42.0 Å². The van der Waals surface area contributed by atoms with E-state index in [1.54, 1.807) is 30.3 Å². The number of oxazole rings is 1. The Morgan fingerprint density at radius 3 is 2.59 bits per heavy atom. The van der Waals surface area contributed by atoms with Crippen molar-refractivity contribution in [1.29, 1.82) is 0 Å². The van der Waals surface area contributed by atoms with Crippen molar-refractivity contribution in [2.24, 2.45) is 0 Å². The monoisotopic (exact) mass is 374 g/mol. The van der Waals surface area contributed by atoms with Crippen LogP contribution in [-0.2, 0) is 4.79 Å². The molecule has 1 amide bonds. The van der Waals surface area contributed by atoms with Gasteiger partial charge < -0.3 is 9.73 Å². The molecule has 0 aliphatic heterocycles. The Balaban J connectivity index is 1.54. The molecule has 0 radical (unpaired) electrons. The molecular formula is C22H15ClN2O2. The van der Waals surface area contributed by atoms with Crippen LogP contribution >= 0.6 is 11.6 Å². The average molecular weight is 375 g/mol. The summed E-state index contributed by atoms with van der Waals surface area (Å²) in [6.45, 7) is 0. The summed E-state index contributed by atoms with van der Waals surface area (Å²) >= 11 is 6.21. The van der Waals surface area contributed by atoms with Gasteiger partial charge in [-0.1, -0.05) is 54.1 Å². The Kier molecular flexibility index (Phi) is 4.73. The first-order valence-corrected chi connectivity index (χ1v) is 8.76. The highest BCUT2D eigenvalue weighted by molar-refractivity contribution is 6.33. The van der Waals surface area contributed by atoms with E-state index in [-0.39, 0.29) is 5.91 Å². The number of aromatic nitrogens is 1. The Morgan fingerprint density at radius 2 is 1.78 bits per heavy atom. The summed E-state index contributed by atoms with van der Waals surface area (Å²) in [7, 11) is 0. The van der Waals surface area contributed by atoms with Crippen LogP contribution in [0, 0.1) is 0 Å². The number of fused-ring (bicyclic) bond motifs is 1. The third kappa shape index (κ3) is 3.91. The first-order valence-electron chi connectivity index (χ1n) is 8.39. The van der Waals surface area contributed by atoms with Crippen LogP contribution in [0.15, 0.2) is 83.3 Å². The van der Waals surface area contributed by atoms with Crippen molar-refractivity contribution >= 4 is 40.4 Å². The maximum atomic E-state index is 12.1. The number of carbonyl (C=O) groups is 1. The van der Waals surface area contributed by atoms with Crippen LogP contribution in [0.2, 0.25) is 5.02 Å². The van der Waals surface area contributed by atoms with E-state index in [0.29, 0.717) is 27.7 Å². The smallest absolute Gasteiger partial charge is 0.248 e. The summed E-state index contributed by atoms with van der Waals surface area (Å²) in [6.07, 6.45) is 3.26. The van der Waals surface area contributed by atoms with Gasteiger partial charge in [-0.25, -0.2) is 4.98 Å². The Bertz CT molecular complexity index is 1130. The Morgan fingerprint density at radius 1 is 1.00 bits per heavy atom. The van der Waals surface area contributed by atoms with Crippen LogP contribution in [0.1, 0.15) is 5.56 Å². The number of benzene rings is 3. The van der Waals surface area contributed by atoms with Gasteiger partial charge in [-0.2, -0.15) is 0 Å². The SMILES string of the molecule is O=C(C=Cc1ccccc1)Nc1ccc2oc(-c3ccccc3Cl)nc2c1. The minimum Gasteiger partial charge on any atom is -0.436 e. The number of amides is 1. The van der Waals surface area contributed by atoms with Crippen LogP contribution in [0.3, 0.4) is 0 Å². The zero-order valence-corrected chi connectivity index (χ0v) is 15.0. The van der Waals surface area contributed by atoms with Gasteiger partial charge in [-0.3, -0.25) is 4.79 Å². The first-order chi connectivity index (χ1) is 13.2. The predicted molar refractivity (Wildman–Crippen MR) is 109 cm³/mol. The minimum atomic E-state index is -0.215. The van der Waals surface area contributed by atoms with Gasteiger partial charge in [0.15, 0.2) is 5.58 Å². The standard InChI is InChI=1S/C22H15ClN2O2/c23-18-9-5-4-8-17(18)22-25-19-14-16(11-12-20(19)27-22)24-21(26)13-10-15-6-2-1-3-7-15/h1-14H,(H,24,26). The van der Waals surface area contributed by atoms with Gasteiger partial charge in [0, 0.05) is 11.8 Å². The molecular weight excluding hydrogens is 360 g/mol. The van der Waals surface area contributed by atoms with E-state index < -0.39 is 0 Å². The molecule has 1 N–H and O–H groups in total. The molecule has 0 spiro atoms. The lowest BCUT2D eigenvalue weighted by Crippen LogP contribution is -2.07. The van der Waals surface area contributed by atoms with Crippen molar-refractivity contribution in [1.82, 2.24) is 4.98 Å². The van der Waals surface area contributed by atoms with Crippen molar-refractivity contribution in [3.63, 3.8) is 0 Å². The van der Waals surface area contributed by atoms with E-state index in [9.17, 15) is 4.79 Å². The molecule has 5 heteroatoms. The summed E-state index contributed by atoms with van der Waals surface area (Å²) in [5.41, 5.74) is 3.61. The predicted octanol–water partition coefficient (Wildman–Crippen LogP) is 5.80. The number of anilines is 1. The molecule has 0 bridgehead atoms. The molecule has 0 aliphatic rings. The highest BCUT2D eigenvalue weighted by Crippen LogP contribution is 2.30. The lowest BCUT2D eigenvalue weighted by Gasteiger charge is -2.01. The molecule has 132 valence electrons. The van der Waals surface area contributed by atoms with Crippen molar-refractivity contribution in [2.45, 2.75) is 0 Å². The molecule has 4 rings (SSSR count). The number of carbonyl (C=O) groups excluding carboxylic acids is 1. The molecule has 0 saturated heterocycles. The number of rotatable bonds is 4. The van der Waals surface area contributed by atoms with Crippen LogP contribution < -0.4 is 5.32 Å². The normalized spacial score (nSPS) is 11.1. The van der Waals surface area contributed by atoms with Crippen molar-refractivity contribution in [3.8, 4) is 11.5 Å². The van der Waals surface area contributed by atoms with E-state index in [1.165, 1.54) is 6.08 Å². The lowest BCUT2D eigenvalue weighted by atomic mass is 10.2. The summed E-state index contributed by atoms with van der Waals surface area (Å²) in [6, 6.07) is 22.3. The second kappa shape index (κ2) is 7.48. The van der Waals surface area contributed by atoms with Gasteiger partial charge in [-0.15, -0.1) is 0 Å². The van der Waals surface area contributed by atoms with Crippen molar-refractivity contribution in [2.75, 3.05) is 5.32 Å². The number of hydrogen-bond acceptors (Lipinski definition) is 3. The largest absolute Gasteiger partial charge is 0.436 e. The maximum Gasteiger partial charge on any atom is 0.248 e. The zero-order chi connectivity index (χ0) is 18.6. The zero-order valence-electron chi connectivity index (χ0n) is 14.2. The second-order valence-electron chi connectivity index (χ2n) is 5.91. The van der Waals surface area contributed by atoms with Crippen LogP contribution in [-0.4, -0.2) is 10.9 Å². The molecule has 1 heterocycles. The Labute approximate surface area is 161 Å². The maximum absolute atomic E-state index is 12.1. The number of nitrogens with zero attached hydrogens (tertiary/aromatic N) is 1. The fourth-order valence-corrected chi connectivity index (χ4v) is 2.89. The summed E-state index contributed by atoms with van der Waals surface area (Å²) < 4.78 is 5.78. The molecule has 1 aromatic heterocycles. The van der Waals surface area contributed by atoms with E-state index in [2.05, 4.69) is 10.3 Å². The van der Waals surface area contributed by atoms with E-state index in [0.717, 1.165) is 11.1 Å². The van der Waals surface area contributed by atoms with Crippen LogP contribution in [0.25, 0.3) is 28.6 Å². The highest BCUT2D eigenvalue weighted by atomic mass is 35.5. The quantitative estimate of drug-likeness (QED) is 0.459. The third-order valence-electron chi connectivity index (χ3n) is 3.99. The molecule has 0 aliphatic carbocycles. The summed E-state index contributed by atoms with van der Waals surface area (Å²) in [5.74, 6) is 0.232. The van der Waals surface area contributed by atoms with Crippen LogP contribution in [0.5, 0.6) is 0 Å². The summed E-state index contributed by atoms with van der Waals surface area (Å²) in [5, 5.41) is 3.40. The van der Waals surface area contributed by atoms with Gasteiger partial charge in [0.1, 0.15) is 5.52 Å². The molecule has 27 heavy (non-hydrogen) atoms. The van der Waals surface area contributed by atoms with Crippen molar-refractivity contribution in [3.05, 3.63) is 89.5 Å². The van der Waals surface area contributed by atoms with E-state index in [1.807, 2.05) is 48.5 Å². The lowest BCUT2D eigenvalue weighted by molar-refractivity contribution is -0.111. The van der Waals surface area contributed by atoms with Crippen LogP contribution in [0.4, 0.5) is 5.69 Å². The summed E-state index contributed by atoms with van der Waals surface area (Å²) in [4.78, 5) is 16.6. The van der Waals surface area contributed by atoms with Crippen molar-refractivity contribution < 1.29 is 9.21 Å². The number of hydrogen-bond donors (Lipinski definition) is 1. The van der Waals surface area contributed by atoms with Gasteiger partial charge in [0.2, 0.25) is 11.8 Å². The minimum absolute atomic E-state index is 0.215. The number of nitrogens with one attached hydrogen (secondary N) is 1. The molecule has 0 fully saturated rings. The Hall–Kier alpha value is -3.37. The molecule has 3 aromatic carbocycles. The second-order valence-corrected chi connectivity index (χ2v) is 6.32. The van der Waals surface area contributed by atoms with E-state index in [4.69, 9.17) is 16.0 Å². The molecule has 4 nitrogen and oxygen atoms in total. The highest BCUT2D eigenvalue weighted by Gasteiger charge is 2.11. The average Bonchev–Trinajstić information content (AvgIpc) is 3.10. The first kappa shape index (κ1) is 17.1. The third-order valence-corrected chi connectivity index (χ3v) is 4.32. The number of halogens is 1. The van der Waals surface area contributed by atoms with E-state index >= 15 is 0 Å². The van der Waals surface area contributed by atoms with Gasteiger partial charge in [0.25, 0.3) is 0 Å². The van der Waals surface area contributed by atoms with Gasteiger partial charge >= 0.3 is 0 Å². The molecule has 4 aromatic rings.